The average Bonchev–Trinajstić information content (AvgIpc) is 2.82. The molecule has 2 heterocycles. The van der Waals surface area contributed by atoms with Crippen LogP contribution >= 0.6 is 0 Å². The number of benzene rings is 2. The molecular weight excluding hydrogens is 419 g/mol. The van der Waals surface area contributed by atoms with E-state index in [1.54, 1.807) is 13.3 Å². The van der Waals surface area contributed by atoms with Gasteiger partial charge in [0, 0.05) is 24.0 Å². The molecule has 0 bridgehead atoms. The Morgan fingerprint density at radius 1 is 1.18 bits per heavy atom. The number of rotatable bonds is 7. The van der Waals surface area contributed by atoms with E-state index in [2.05, 4.69) is 45.3 Å². The Morgan fingerprint density at radius 3 is 2.67 bits per heavy atom. The van der Waals surface area contributed by atoms with Crippen LogP contribution in [0.4, 0.5) is 10.1 Å². The average molecular weight is 449 g/mol. The van der Waals surface area contributed by atoms with Gasteiger partial charge in [-0.25, -0.2) is 14.4 Å². The maximum Gasteiger partial charge on any atom is 0.259 e. The summed E-state index contributed by atoms with van der Waals surface area (Å²) in [6.07, 6.45) is 5.86. The Labute approximate surface area is 193 Å². The molecule has 33 heavy (non-hydrogen) atoms. The highest BCUT2D eigenvalue weighted by Crippen LogP contribution is 2.28. The molecule has 1 aliphatic heterocycles. The Morgan fingerprint density at radius 2 is 1.94 bits per heavy atom. The first-order valence-corrected chi connectivity index (χ1v) is 11.2. The lowest BCUT2D eigenvalue weighted by Gasteiger charge is -2.32. The highest BCUT2D eigenvalue weighted by Gasteiger charge is 2.23. The molecule has 0 atom stereocenters. The molecule has 6 nitrogen and oxygen atoms in total. The van der Waals surface area contributed by atoms with Crippen molar-refractivity contribution in [2.45, 2.75) is 32.7 Å². The van der Waals surface area contributed by atoms with Gasteiger partial charge in [0.05, 0.1) is 18.4 Å². The monoisotopic (exact) mass is 448 g/mol. The van der Waals surface area contributed by atoms with Gasteiger partial charge < -0.3 is 10.1 Å². The van der Waals surface area contributed by atoms with E-state index >= 15 is 0 Å². The van der Waals surface area contributed by atoms with Crippen molar-refractivity contribution in [3.05, 3.63) is 83.2 Å². The maximum atomic E-state index is 13.1. The van der Waals surface area contributed by atoms with Gasteiger partial charge in [-0.15, -0.1) is 0 Å². The molecule has 2 aromatic carbocycles. The zero-order chi connectivity index (χ0) is 23.2. The predicted octanol–water partition coefficient (Wildman–Crippen LogP) is 4.64. The van der Waals surface area contributed by atoms with Crippen LogP contribution in [0, 0.1) is 18.7 Å². The standard InChI is InChI=1S/C26H29FN4O2/c1-18-4-3-5-20(25(18)33-2)16-31-12-10-19(11-13-31)14-24-23(15-28-17-29-24)26(32)30-22-8-6-21(27)7-9-22/h3-9,15,17,19H,10-14,16H2,1-2H3,(H,30,32). The number of likely N-dealkylation sites (tertiary alicyclic amines) is 1. The zero-order valence-corrected chi connectivity index (χ0v) is 19.1. The molecule has 0 spiro atoms. The van der Waals surface area contributed by atoms with Crippen LogP contribution < -0.4 is 10.1 Å². The fraction of sp³-hybridized carbons (Fsp3) is 0.346. The summed E-state index contributed by atoms with van der Waals surface area (Å²) in [4.78, 5) is 23.7. The molecule has 0 aliphatic carbocycles. The number of nitrogens with zero attached hydrogens (tertiary/aromatic N) is 3. The lowest BCUT2D eigenvalue weighted by Crippen LogP contribution is -2.34. The highest BCUT2D eigenvalue weighted by molar-refractivity contribution is 6.04. The summed E-state index contributed by atoms with van der Waals surface area (Å²) in [6.45, 7) is 4.92. The first-order chi connectivity index (χ1) is 16.0. The van der Waals surface area contributed by atoms with Gasteiger partial charge in [-0.3, -0.25) is 9.69 Å². The highest BCUT2D eigenvalue weighted by atomic mass is 19.1. The van der Waals surface area contributed by atoms with Crippen molar-refractivity contribution in [2.24, 2.45) is 5.92 Å². The van der Waals surface area contributed by atoms with Gasteiger partial charge in [0.2, 0.25) is 0 Å². The van der Waals surface area contributed by atoms with Crippen molar-refractivity contribution in [1.82, 2.24) is 14.9 Å². The number of amides is 1. The summed E-state index contributed by atoms with van der Waals surface area (Å²) in [5, 5.41) is 2.81. The number of hydrogen-bond acceptors (Lipinski definition) is 5. The first kappa shape index (κ1) is 22.9. The first-order valence-electron chi connectivity index (χ1n) is 11.2. The molecular formula is C26H29FN4O2. The van der Waals surface area contributed by atoms with Crippen molar-refractivity contribution in [2.75, 3.05) is 25.5 Å². The number of aryl methyl sites for hydroxylation is 1. The molecule has 0 saturated carbocycles. The molecule has 3 aromatic rings. The van der Waals surface area contributed by atoms with Crippen LogP contribution in [0.1, 0.15) is 40.0 Å². The number of para-hydroxylation sites is 1. The number of nitrogens with one attached hydrogen (secondary N) is 1. The van der Waals surface area contributed by atoms with Crippen LogP contribution in [-0.2, 0) is 13.0 Å². The zero-order valence-electron chi connectivity index (χ0n) is 19.1. The van der Waals surface area contributed by atoms with Crippen LogP contribution in [0.25, 0.3) is 0 Å². The molecule has 0 radical (unpaired) electrons. The summed E-state index contributed by atoms with van der Waals surface area (Å²) in [5.41, 5.74) is 4.12. The number of carbonyl (C=O) groups excluding carboxylic acids is 1. The number of piperidine rings is 1. The van der Waals surface area contributed by atoms with Gasteiger partial charge in [0.1, 0.15) is 17.9 Å². The summed E-state index contributed by atoms with van der Waals surface area (Å²) in [6, 6.07) is 12.0. The minimum absolute atomic E-state index is 0.277. The molecule has 1 fully saturated rings. The number of halogens is 1. The van der Waals surface area contributed by atoms with Crippen molar-refractivity contribution in [3.8, 4) is 5.75 Å². The molecule has 1 N–H and O–H groups in total. The molecule has 1 aliphatic rings. The Balaban J connectivity index is 1.36. The van der Waals surface area contributed by atoms with Crippen LogP contribution in [0.5, 0.6) is 5.75 Å². The van der Waals surface area contributed by atoms with Crippen molar-refractivity contribution >= 4 is 11.6 Å². The minimum atomic E-state index is -0.344. The second kappa shape index (κ2) is 10.5. The number of carbonyl (C=O) groups is 1. The van der Waals surface area contributed by atoms with Gasteiger partial charge in [-0.1, -0.05) is 18.2 Å². The van der Waals surface area contributed by atoms with E-state index in [9.17, 15) is 9.18 Å². The van der Waals surface area contributed by atoms with E-state index in [0.717, 1.165) is 55.9 Å². The lowest BCUT2D eigenvalue weighted by molar-refractivity contribution is 0.102. The Kier molecular flexibility index (Phi) is 7.29. The number of aromatic nitrogens is 2. The quantitative estimate of drug-likeness (QED) is 0.570. The van der Waals surface area contributed by atoms with E-state index in [4.69, 9.17) is 4.74 Å². The summed E-state index contributed by atoms with van der Waals surface area (Å²) >= 11 is 0. The predicted molar refractivity (Wildman–Crippen MR) is 126 cm³/mol. The smallest absolute Gasteiger partial charge is 0.259 e. The van der Waals surface area contributed by atoms with Crippen molar-refractivity contribution in [3.63, 3.8) is 0 Å². The Hall–Kier alpha value is -3.32. The van der Waals surface area contributed by atoms with Crippen LogP contribution in [-0.4, -0.2) is 41.0 Å². The minimum Gasteiger partial charge on any atom is -0.496 e. The van der Waals surface area contributed by atoms with Gasteiger partial charge in [-0.2, -0.15) is 0 Å². The molecule has 1 saturated heterocycles. The van der Waals surface area contributed by atoms with Crippen LogP contribution in [0.2, 0.25) is 0 Å². The lowest BCUT2D eigenvalue weighted by atomic mass is 9.90. The van der Waals surface area contributed by atoms with Gasteiger partial charge in [0.25, 0.3) is 5.91 Å². The number of hydrogen-bond donors (Lipinski definition) is 1. The Bertz CT molecular complexity index is 1100. The third-order valence-electron chi connectivity index (χ3n) is 6.22. The molecule has 0 unspecified atom stereocenters. The maximum absolute atomic E-state index is 13.1. The fourth-order valence-corrected chi connectivity index (χ4v) is 4.43. The molecule has 7 heteroatoms. The van der Waals surface area contributed by atoms with E-state index < -0.39 is 0 Å². The second-order valence-corrected chi connectivity index (χ2v) is 8.54. The van der Waals surface area contributed by atoms with Crippen molar-refractivity contribution < 1.29 is 13.9 Å². The molecule has 1 amide bonds. The normalized spacial score (nSPS) is 14.8. The third-order valence-corrected chi connectivity index (χ3v) is 6.22. The van der Waals surface area contributed by atoms with Crippen molar-refractivity contribution in [1.29, 1.82) is 0 Å². The summed E-state index contributed by atoms with van der Waals surface area (Å²) < 4.78 is 18.7. The summed E-state index contributed by atoms with van der Waals surface area (Å²) in [5.74, 6) is 0.801. The van der Waals surface area contributed by atoms with Gasteiger partial charge >= 0.3 is 0 Å². The molecule has 172 valence electrons. The fourth-order valence-electron chi connectivity index (χ4n) is 4.43. The number of anilines is 1. The van der Waals surface area contributed by atoms with E-state index in [1.165, 1.54) is 36.2 Å². The SMILES string of the molecule is COc1c(C)cccc1CN1CCC(Cc2ncncc2C(=O)Nc2ccc(F)cc2)CC1. The number of methoxy groups -OCH3 is 1. The van der Waals surface area contributed by atoms with E-state index in [-0.39, 0.29) is 11.7 Å². The largest absolute Gasteiger partial charge is 0.496 e. The third kappa shape index (κ3) is 5.73. The van der Waals surface area contributed by atoms with Crippen LogP contribution in [0.15, 0.2) is 55.0 Å². The topological polar surface area (TPSA) is 67.3 Å². The van der Waals surface area contributed by atoms with Gasteiger partial charge in [-0.05, 0) is 75.0 Å². The summed E-state index contributed by atoms with van der Waals surface area (Å²) in [7, 11) is 1.73. The second-order valence-electron chi connectivity index (χ2n) is 8.54. The molecule has 1 aromatic heterocycles. The molecule has 4 rings (SSSR count). The van der Waals surface area contributed by atoms with Crippen LogP contribution in [0.3, 0.4) is 0 Å². The van der Waals surface area contributed by atoms with E-state index in [0.29, 0.717) is 17.2 Å². The van der Waals surface area contributed by atoms with Gasteiger partial charge in [0.15, 0.2) is 0 Å². The number of ether oxygens (including phenoxy) is 1. The van der Waals surface area contributed by atoms with E-state index in [1.807, 2.05) is 0 Å².